The molecule has 0 spiro atoms. The van der Waals surface area contributed by atoms with Crippen LogP contribution in [0.3, 0.4) is 0 Å². The second-order valence-electron chi connectivity index (χ2n) is 3.53. The first kappa shape index (κ1) is 12.0. The third-order valence-corrected chi connectivity index (χ3v) is 2.16. The van der Waals surface area contributed by atoms with Crippen molar-refractivity contribution in [2.45, 2.75) is 33.2 Å². The van der Waals surface area contributed by atoms with E-state index in [0.29, 0.717) is 18.5 Å². The van der Waals surface area contributed by atoms with Crippen LogP contribution in [0.15, 0.2) is 4.42 Å². The Labute approximate surface area is 90.9 Å². The third kappa shape index (κ3) is 3.87. The summed E-state index contributed by atoms with van der Waals surface area (Å²) in [5.74, 6) is 0.648. The van der Waals surface area contributed by atoms with Gasteiger partial charge in [-0.15, -0.1) is 5.10 Å². The van der Waals surface area contributed by atoms with Gasteiger partial charge in [-0.25, -0.2) is 0 Å². The fourth-order valence-corrected chi connectivity index (χ4v) is 1.19. The molecule has 0 aliphatic rings. The Morgan fingerprint density at radius 2 is 2.13 bits per heavy atom. The van der Waals surface area contributed by atoms with Gasteiger partial charge in [0.15, 0.2) is 0 Å². The lowest BCUT2D eigenvalue weighted by Crippen LogP contribution is -2.18. The molecule has 0 amide bonds. The van der Waals surface area contributed by atoms with E-state index in [1.807, 2.05) is 18.9 Å². The van der Waals surface area contributed by atoms with Crippen LogP contribution in [-0.4, -0.2) is 30.3 Å². The normalized spacial score (nSPS) is 10.6. The van der Waals surface area contributed by atoms with Crippen molar-refractivity contribution in [2.24, 2.45) is 0 Å². The third-order valence-electron chi connectivity index (χ3n) is 2.16. The molecule has 0 aliphatic heterocycles. The van der Waals surface area contributed by atoms with E-state index in [0.717, 1.165) is 19.5 Å². The summed E-state index contributed by atoms with van der Waals surface area (Å²) in [7, 11) is 1.97. The lowest BCUT2D eigenvalue weighted by atomic mass is 10.3. The topological polar surface area (TPSA) is 54.2 Å². The number of rotatable bonds is 7. The van der Waals surface area contributed by atoms with Crippen LogP contribution >= 0.6 is 0 Å². The van der Waals surface area contributed by atoms with Crippen LogP contribution in [-0.2, 0) is 6.54 Å². The van der Waals surface area contributed by atoms with Gasteiger partial charge in [-0.05, 0) is 13.0 Å². The van der Waals surface area contributed by atoms with Crippen LogP contribution in [0, 0.1) is 0 Å². The monoisotopic (exact) mass is 212 g/mol. The molecule has 0 aliphatic carbocycles. The lowest BCUT2D eigenvalue weighted by molar-refractivity contribution is 0.468. The molecule has 1 rings (SSSR count). The summed E-state index contributed by atoms with van der Waals surface area (Å²) in [6.45, 7) is 6.72. The van der Waals surface area contributed by atoms with Crippen molar-refractivity contribution in [1.29, 1.82) is 0 Å². The summed E-state index contributed by atoms with van der Waals surface area (Å²) in [6.07, 6.45) is 2.31. The van der Waals surface area contributed by atoms with Crippen molar-refractivity contribution in [2.75, 3.05) is 25.0 Å². The van der Waals surface area contributed by atoms with E-state index in [4.69, 9.17) is 4.42 Å². The van der Waals surface area contributed by atoms with E-state index in [1.54, 1.807) is 0 Å². The number of anilines is 1. The molecule has 1 aromatic heterocycles. The summed E-state index contributed by atoms with van der Waals surface area (Å²) < 4.78 is 5.49. The van der Waals surface area contributed by atoms with Crippen LogP contribution in [0.25, 0.3) is 0 Å². The average Bonchev–Trinajstić information content (AvgIpc) is 2.71. The Hall–Kier alpha value is -1.10. The summed E-state index contributed by atoms with van der Waals surface area (Å²) >= 11 is 0. The first-order chi connectivity index (χ1) is 7.27. The summed E-state index contributed by atoms with van der Waals surface area (Å²) in [5, 5.41) is 11.1. The molecule has 0 unspecified atom stereocenters. The largest absolute Gasteiger partial charge is 0.407 e. The molecule has 0 aromatic carbocycles. The molecule has 0 fully saturated rings. The van der Waals surface area contributed by atoms with Crippen LogP contribution in [0.2, 0.25) is 0 Å². The number of hydrogen-bond acceptors (Lipinski definition) is 5. The second kappa shape index (κ2) is 6.40. The smallest absolute Gasteiger partial charge is 0.317 e. The molecule has 0 atom stereocenters. The van der Waals surface area contributed by atoms with Crippen molar-refractivity contribution in [3.8, 4) is 0 Å². The Bertz CT molecular complexity index is 274. The van der Waals surface area contributed by atoms with E-state index in [-0.39, 0.29) is 0 Å². The minimum atomic E-state index is 0.608. The molecule has 1 N–H and O–H groups in total. The summed E-state index contributed by atoms with van der Waals surface area (Å²) in [5.41, 5.74) is 0. The van der Waals surface area contributed by atoms with Gasteiger partial charge in [-0.3, -0.25) is 0 Å². The maximum Gasteiger partial charge on any atom is 0.317 e. The minimum Gasteiger partial charge on any atom is -0.407 e. The zero-order valence-electron chi connectivity index (χ0n) is 9.79. The zero-order chi connectivity index (χ0) is 11.1. The summed E-state index contributed by atoms with van der Waals surface area (Å²) in [6, 6.07) is 0.608. The highest BCUT2D eigenvalue weighted by Crippen LogP contribution is 2.10. The van der Waals surface area contributed by atoms with Gasteiger partial charge in [0, 0.05) is 13.6 Å². The van der Waals surface area contributed by atoms with Crippen LogP contribution in [0.5, 0.6) is 0 Å². The number of nitrogens with one attached hydrogen (secondary N) is 1. The summed E-state index contributed by atoms with van der Waals surface area (Å²) in [4.78, 5) is 1.99. The fraction of sp³-hybridized carbons (Fsp3) is 0.800. The van der Waals surface area contributed by atoms with E-state index in [2.05, 4.69) is 22.4 Å². The first-order valence-electron chi connectivity index (χ1n) is 5.52. The van der Waals surface area contributed by atoms with Crippen molar-refractivity contribution < 1.29 is 4.42 Å². The highest BCUT2D eigenvalue weighted by Gasteiger charge is 2.09. The van der Waals surface area contributed by atoms with E-state index >= 15 is 0 Å². The molecular weight excluding hydrogens is 192 g/mol. The standard InChI is InChI=1S/C10H20N4O/c1-4-6-7-14(3)10-13-12-9(15-10)8-11-5-2/h11H,4-8H2,1-3H3. The first-order valence-corrected chi connectivity index (χ1v) is 5.52. The Balaban J connectivity index is 2.43. The molecule has 0 saturated carbocycles. The quantitative estimate of drug-likeness (QED) is 0.740. The SMILES string of the molecule is CCCCN(C)c1nnc(CNCC)o1. The van der Waals surface area contributed by atoms with Gasteiger partial charge in [0.2, 0.25) is 5.89 Å². The maximum absolute atomic E-state index is 5.49. The number of hydrogen-bond donors (Lipinski definition) is 1. The van der Waals surface area contributed by atoms with Gasteiger partial charge in [0.05, 0.1) is 6.54 Å². The predicted octanol–water partition coefficient (Wildman–Crippen LogP) is 1.42. The van der Waals surface area contributed by atoms with Crippen molar-refractivity contribution in [3.05, 3.63) is 5.89 Å². The molecule has 1 heterocycles. The lowest BCUT2D eigenvalue weighted by Gasteiger charge is -2.12. The van der Waals surface area contributed by atoms with Gasteiger partial charge in [-0.1, -0.05) is 25.4 Å². The van der Waals surface area contributed by atoms with Crippen LogP contribution < -0.4 is 10.2 Å². The van der Waals surface area contributed by atoms with Gasteiger partial charge in [0.1, 0.15) is 0 Å². The minimum absolute atomic E-state index is 0.608. The van der Waals surface area contributed by atoms with Crippen LogP contribution in [0.1, 0.15) is 32.6 Å². The Morgan fingerprint density at radius 3 is 2.80 bits per heavy atom. The fourth-order valence-electron chi connectivity index (χ4n) is 1.19. The molecule has 5 nitrogen and oxygen atoms in total. The Kier molecular flexibility index (Phi) is 5.10. The zero-order valence-corrected chi connectivity index (χ0v) is 9.79. The van der Waals surface area contributed by atoms with Crippen molar-refractivity contribution >= 4 is 6.01 Å². The van der Waals surface area contributed by atoms with Crippen molar-refractivity contribution in [3.63, 3.8) is 0 Å². The molecule has 0 bridgehead atoms. The molecule has 0 radical (unpaired) electrons. The molecule has 15 heavy (non-hydrogen) atoms. The van der Waals surface area contributed by atoms with Crippen molar-refractivity contribution in [1.82, 2.24) is 15.5 Å². The number of nitrogens with zero attached hydrogens (tertiary/aromatic N) is 3. The van der Waals surface area contributed by atoms with E-state index in [1.165, 1.54) is 6.42 Å². The molecule has 0 saturated heterocycles. The molecule has 86 valence electrons. The van der Waals surface area contributed by atoms with E-state index < -0.39 is 0 Å². The van der Waals surface area contributed by atoms with Gasteiger partial charge < -0.3 is 14.6 Å². The molecule has 1 aromatic rings. The number of aromatic nitrogens is 2. The number of unbranched alkanes of at least 4 members (excludes halogenated alkanes) is 1. The molecular formula is C10H20N4O. The van der Waals surface area contributed by atoms with E-state index in [9.17, 15) is 0 Å². The van der Waals surface area contributed by atoms with Gasteiger partial charge in [-0.2, -0.15) is 0 Å². The average molecular weight is 212 g/mol. The van der Waals surface area contributed by atoms with Crippen LogP contribution in [0.4, 0.5) is 6.01 Å². The maximum atomic E-state index is 5.49. The second-order valence-corrected chi connectivity index (χ2v) is 3.53. The molecule has 5 heteroatoms. The van der Waals surface area contributed by atoms with Gasteiger partial charge in [0.25, 0.3) is 0 Å². The highest BCUT2D eigenvalue weighted by atomic mass is 16.4. The Morgan fingerprint density at radius 1 is 1.33 bits per heavy atom. The van der Waals surface area contributed by atoms with Gasteiger partial charge >= 0.3 is 6.01 Å². The predicted molar refractivity (Wildman–Crippen MR) is 59.9 cm³/mol. The highest BCUT2D eigenvalue weighted by molar-refractivity contribution is 5.21.